The first-order chi connectivity index (χ1) is 19.9. The molecule has 12 heteroatoms. The van der Waals surface area contributed by atoms with Crippen molar-refractivity contribution in [1.82, 2.24) is 5.32 Å². The summed E-state index contributed by atoms with van der Waals surface area (Å²) in [5.74, 6) is -1.47. The Morgan fingerprint density at radius 2 is 1.86 bits per heavy atom. The van der Waals surface area contributed by atoms with Gasteiger partial charge >= 0.3 is 5.97 Å². The van der Waals surface area contributed by atoms with E-state index in [2.05, 4.69) is 39.2 Å². The summed E-state index contributed by atoms with van der Waals surface area (Å²) in [4.78, 5) is 25.3. The number of rotatable bonds is 3. The van der Waals surface area contributed by atoms with Crippen LogP contribution in [0.15, 0.2) is 30.3 Å². The van der Waals surface area contributed by atoms with Crippen molar-refractivity contribution in [2.75, 3.05) is 6.61 Å². The molecule has 6 bridgehead atoms. The Bertz CT molecular complexity index is 1500. The lowest BCUT2D eigenvalue weighted by molar-refractivity contribution is -0.147. The van der Waals surface area contributed by atoms with E-state index in [1.807, 2.05) is 0 Å². The summed E-state index contributed by atoms with van der Waals surface area (Å²) in [5.41, 5.74) is 0.670. The number of hydrogen-bond acceptors (Lipinski definition) is 8. The van der Waals surface area contributed by atoms with E-state index in [9.17, 15) is 24.9 Å². The smallest absolute Gasteiger partial charge is 0.308 e. The second kappa shape index (κ2) is 11.1. The molecule has 2 aliphatic carbocycles. The van der Waals surface area contributed by atoms with Crippen LogP contribution in [0.2, 0.25) is 28.2 Å². The largest absolute Gasteiger partial charge is 0.504 e. The molecular formula is C31H37Cl2NO8Si. The van der Waals surface area contributed by atoms with Crippen LogP contribution >= 0.6 is 23.2 Å². The van der Waals surface area contributed by atoms with Gasteiger partial charge in [0.1, 0.15) is 18.3 Å². The molecule has 0 spiro atoms. The van der Waals surface area contributed by atoms with Crippen LogP contribution in [0.5, 0.6) is 11.5 Å². The zero-order valence-corrected chi connectivity index (χ0v) is 27.5. The van der Waals surface area contributed by atoms with E-state index >= 15 is 0 Å². The Labute approximate surface area is 261 Å². The van der Waals surface area contributed by atoms with E-state index in [4.69, 9.17) is 37.1 Å². The molecule has 2 aromatic carbocycles. The van der Waals surface area contributed by atoms with Crippen molar-refractivity contribution in [3.8, 4) is 11.5 Å². The maximum absolute atomic E-state index is 13.2. The van der Waals surface area contributed by atoms with Gasteiger partial charge in [0.15, 0.2) is 25.9 Å². The van der Waals surface area contributed by atoms with Gasteiger partial charge < -0.3 is 34.5 Å². The molecule has 1 amide bonds. The van der Waals surface area contributed by atoms with Gasteiger partial charge in [0.05, 0.1) is 28.6 Å². The molecule has 1 unspecified atom stereocenters. The van der Waals surface area contributed by atoms with E-state index in [1.54, 1.807) is 18.2 Å². The summed E-state index contributed by atoms with van der Waals surface area (Å²) in [6, 6.07) is 5.50. The number of hydrogen-bond donors (Lipinski definition) is 4. The van der Waals surface area contributed by atoms with Crippen molar-refractivity contribution in [1.29, 1.82) is 0 Å². The van der Waals surface area contributed by atoms with Gasteiger partial charge in [-0.25, -0.2) is 0 Å². The number of aromatic hydroxyl groups is 1. The maximum atomic E-state index is 13.2. The molecule has 232 valence electrons. The summed E-state index contributed by atoms with van der Waals surface area (Å²) in [6.45, 7) is 11.6. The number of ether oxygens (including phenoxy) is 2. The van der Waals surface area contributed by atoms with Gasteiger partial charge in [0, 0.05) is 30.0 Å². The third-order valence-corrected chi connectivity index (χ3v) is 14.1. The first kappa shape index (κ1) is 31.8. The number of aliphatic hydroxyl groups is 2. The van der Waals surface area contributed by atoms with Crippen LogP contribution in [-0.2, 0) is 18.8 Å². The number of esters is 1. The van der Waals surface area contributed by atoms with Crippen molar-refractivity contribution in [3.05, 3.63) is 62.6 Å². The second-order valence-corrected chi connectivity index (χ2v) is 18.6. The maximum Gasteiger partial charge on any atom is 0.308 e. The summed E-state index contributed by atoms with van der Waals surface area (Å²) >= 11 is 13.7. The fourth-order valence-electron chi connectivity index (χ4n) is 5.79. The SMILES string of the molecule is CC(=O)N[C@H]1CC(=O)OC[C@H](O[Si](C)(C)C(C)(C)C)c2ccc3c(c2Cl)C2=C[C@H](O)CC2(O)[C@H]3Oc2c(O)cc1cc2Cl. The number of phenolic OH excluding ortho intramolecular Hbond substituents is 1. The van der Waals surface area contributed by atoms with Gasteiger partial charge in [-0.1, -0.05) is 56.1 Å². The van der Waals surface area contributed by atoms with E-state index in [0.717, 1.165) is 0 Å². The van der Waals surface area contributed by atoms with Crippen LogP contribution in [-0.4, -0.2) is 53.8 Å². The molecule has 4 aliphatic heterocycles. The lowest BCUT2D eigenvalue weighted by Crippen LogP contribution is -2.42. The summed E-state index contributed by atoms with van der Waals surface area (Å²) < 4.78 is 18.8. The average Bonchev–Trinajstić information content (AvgIpc) is 3.29. The number of amides is 1. The minimum Gasteiger partial charge on any atom is -0.504 e. The zero-order chi connectivity index (χ0) is 31.6. The van der Waals surface area contributed by atoms with Gasteiger partial charge in [0.25, 0.3) is 0 Å². The van der Waals surface area contributed by atoms with Gasteiger partial charge in [0.2, 0.25) is 5.91 Å². The normalized spacial score (nSPS) is 27.0. The molecule has 0 fully saturated rings. The predicted octanol–water partition coefficient (Wildman–Crippen LogP) is 5.90. The molecule has 4 N–H and O–H groups in total. The lowest BCUT2D eigenvalue weighted by Gasteiger charge is -2.39. The molecule has 9 nitrogen and oxygen atoms in total. The number of benzene rings is 2. The van der Waals surface area contributed by atoms with Gasteiger partial charge in [-0.3, -0.25) is 9.59 Å². The number of carbonyl (C=O) groups excluding carboxylic acids is 2. The number of nitrogens with one attached hydrogen (secondary N) is 1. The molecule has 6 aliphatic rings. The minimum absolute atomic E-state index is 0.00232. The number of carbonyl (C=O) groups is 2. The third-order valence-electron chi connectivity index (χ3n) is 8.95. The van der Waals surface area contributed by atoms with Crippen molar-refractivity contribution < 1.29 is 38.8 Å². The first-order valence-electron chi connectivity index (χ1n) is 14.2. The highest BCUT2D eigenvalue weighted by Crippen LogP contribution is 2.59. The molecular weight excluding hydrogens is 613 g/mol. The minimum atomic E-state index is -2.43. The molecule has 8 rings (SSSR count). The van der Waals surface area contributed by atoms with E-state index in [-0.39, 0.29) is 46.0 Å². The third kappa shape index (κ3) is 5.69. The summed E-state index contributed by atoms with van der Waals surface area (Å²) in [5, 5.41) is 36.4. The molecule has 5 atom stereocenters. The Morgan fingerprint density at radius 1 is 1.19 bits per heavy atom. The summed E-state index contributed by atoms with van der Waals surface area (Å²) in [6.07, 6.45) is -1.52. The topological polar surface area (TPSA) is 135 Å². The highest BCUT2D eigenvalue weighted by Gasteiger charge is 2.56. The predicted molar refractivity (Wildman–Crippen MR) is 165 cm³/mol. The van der Waals surface area contributed by atoms with Crippen LogP contribution in [0.4, 0.5) is 0 Å². The fourth-order valence-corrected chi connectivity index (χ4v) is 7.71. The molecule has 0 radical (unpaired) electrons. The highest BCUT2D eigenvalue weighted by atomic mass is 35.5. The summed E-state index contributed by atoms with van der Waals surface area (Å²) in [7, 11) is -2.43. The van der Waals surface area contributed by atoms with E-state index in [0.29, 0.717) is 27.8 Å². The van der Waals surface area contributed by atoms with Crippen LogP contribution in [0, 0.1) is 0 Å². The average molecular weight is 651 g/mol. The van der Waals surface area contributed by atoms with Gasteiger partial charge in [-0.15, -0.1) is 0 Å². The molecule has 0 saturated carbocycles. The standard InChI is InChI=1S/C31H37Cl2NO8Si/c1-15(35)34-22-12-25(38)40-14-24(42-43(5,6)30(2,3)4)18-7-8-19-26(27(18)33)20-11-17(36)13-31(20,39)29(19)41-28-21(32)9-16(22)10-23(28)37/h7-11,17,22,24,29,36-37,39H,12-14H2,1-6H3,(H,34,35)/t17-,22-,24-,29-,31?/m0/s1. The number of phenols is 1. The van der Waals surface area contributed by atoms with Crippen LogP contribution in [0.1, 0.15) is 81.0 Å². The fraction of sp³-hybridized carbons (Fsp3) is 0.484. The monoisotopic (exact) mass is 649 g/mol. The van der Waals surface area contributed by atoms with Crippen LogP contribution in [0.3, 0.4) is 0 Å². The second-order valence-electron chi connectivity index (χ2n) is 13.1. The molecule has 4 heterocycles. The zero-order valence-electron chi connectivity index (χ0n) is 25.0. The molecule has 43 heavy (non-hydrogen) atoms. The number of halogens is 2. The Hall–Kier alpha value is -2.60. The number of aliphatic hydroxyl groups excluding tert-OH is 1. The van der Waals surface area contributed by atoms with Gasteiger partial charge in [-0.05, 0) is 47.5 Å². The van der Waals surface area contributed by atoms with Crippen LogP contribution in [0.25, 0.3) is 5.57 Å². The quantitative estimate of drug-likeness (QED) is 0.239. The van der Waals surface area contributed by atoms with Crippen molar-refractivity contribution in [2.45, 2.75) is 88.6 Å². The Balaban J connectivity index is 1.71. The first-order valence-corrected chi connectivity index (χ1v) is 17.8. The molecule has 0 saturated heterocycles. The van der Waals surface area contributed by atoms with Crippen molar-refractivity contribution >= 4 is 49.0 Å². The molecule has 0 aromatic heterocycles. The Morgan fingerprint density at radius 3 is 2.49 bits per heavy atom. The Kier molecular flexibility index (Phi) is 8.20. The van der Waals surface area contributed by atoms with Crippen LogP contribution < -0.4 is 10.1 Å². The highest BCUT2D eigenvalue weighted by molar-refractivity contribution is 6.74. The van der Waals surface area contributed by atoms with E-state index in [1.165, 1.54) is 19.1 Å². The number of fused-ring (bicyclic) bond motifs is 1. The van der Waals surface area contributed by atoms with Gasteiger partial charge in [-0.2, -0.15) is 0 Å². The van der Waals surface area contributed by atoms with E-state index < -0.39 is 50.1 Å². The van der Waals surface area contributed by atoms with Crippen molar-refractivity contribution in [3.63, 3.8) is 0 Å². The lowest BCUT2D eigenvalue weighted by atomic mass is 9.93. The van der Waals surface area contributed by atoms with Crippen molar-refractivity contribution in [2.24, 2.45) is 0 Å². The molecule has 2 aromatic rings.